The van der Waals surface area contributed by atoms with Crippen molar-refractivity contribution in [3.8, 4) is 6.07 Å². The van der Waals surface area contributed by atoms with Crippen LogP contribution in [0.4, 0.5) is 0 Å². The fourth-order valence-corrected chi connectivity index (χ4v) is 4.24. The Morgan fingerprint density at radius 3 is 2.57 bits per heavy atom. The van der Waals surface area contributed by atoms with Gasteiger partial charge in [-0.15, -0.1) is 0 Å². The number of nitrogens with one attached hydrogen (secondary N) is 1. The van der Waals surface area contributed by atoms with E-state index in [1.807, 2.05) is 0 Å². The SMILES string of the molecule is CC1CN(CCC2CCCC2(C#N)NC2CC2)CC(C)O1. The first-order valence-electron chi connectivity index (χ1n) is 8.68. The number of hydrogen-bond acceptors (Lipinski definition) is 4. The van der Waals surface area contributed by atoms with Crippen LogP contribution >= 0.6 is 0 Å². The van der Waals surface area contributed by atoms with Crippen LogP contribution in [0.3, 0.4) is 0 Å². The van der Waals surface area contributed by atoms with Crippen molar-refractivity contribution in [2.24, 2.45) is 5.92 Å². The van der Waals surface area contributed by atoms with Gasteiger partial charge in [-0.3, -0.25) is 10.2 Å². The lowest BCUT2D eigenvalue weighted by atomic mass is 9.85. The van der Waals surface area contributed by atoms with Crippen LogP contribution in [-0.4, -0.2) is 48.3 Å². The van der Waals surface area contributed by atoms with Crippen LogP contribution in [0.15, 0.2) is 0 Å². The summed E-state index contributed by atoms with van der Waals surface area (Å²) < 4.78 is 5.80. The van der Waals surface area contributed by atoms with Crippen molar-refractivity contribution >= 4 is 0 Å². The molecule has 0 radical (unpaired) electrons. The van der Waals surface area contributed by atoms with Crippen molar-refractivity contribution in [3.05, 3.63) is 0 Å². The molecule has 0 spiro atoms. The zero-order chi connectivity index (χ0) is 14.9. The van der Waals surface area contributed by atoms with Crippen LogP contribution in [0.5, 0.6) is 0 Å². The molecule has 0 amide bonds. The Morgan fingerprint density at radius 1 is 1.24 bits per heavy atom. The van der Waals surface area contributed by atoms with Crippen LogP contribution in [0, 0.1) is 17.2 Å². The first kappa shape index (κ1) is 15.3. The summed E-state index contributed by atoms with van der Waals surface area (Å²) >= 11 is 0. The van der Waals surface area contributed by atoms with E-state index in [0.717, 1.165) is 32.5 Å². The van der Waals surface area contributed by atoms with Crippen molar-refractivity contribution in [3.63, 3.8) is 0 Å². The third-order valence-corrected chi connectivity index (χ3v) is 5.35. The predicted octanol–water partition coefficient (Wildman–Crippen LogP) is 2.30. The van der Waals surface area contributed by atoms with Gasteiger partial charge in [0.05, 0.1) is 18.3 Å². The maximum atomic E-state index is 9.74. The van der Waals surface area contributed by atoms with Gasteiger partial charge in [-0.1, -0.05) is 6.42 Å². The minimum atomic E-state index is -0.231. The fourth-order valence-electron chi connectivity index (χ4n) is 4.24. The molecule has 4 nitrogen and oxygen atoms in total. The van der Waals surface area contributed by atoms with Crippen molar-refractivity contribution in [2.45, 2.75) is 76.2 Å². The van der Waals surface area contributed by atoms with Crippen molar-refractivity contribution in [1.29, 1.82) is 5.26 Å². The molecular weight excluding hydrogens is 262 g/mol. The molecule has 1 aliphatic heterocycles. The molecule has 118 valence electrons. The van der Waals surface area contributed by atoms with Crippen LogP contribution in [0.2, 0.25) is 0 Å². The number of nitriles is 1. The molecule has 3 rings (SSSR count). The molecule has 2 saturated carbocycles. The monoisotopic (exact) mass is 291 g/mol. The second kappa shape index (κ2) is 6.24. The van der Waals surface area contributed by atoms with E-state index >= 15 is 0 Å². The van der Waals surface area contributed by atoms with Crippen molar-refractivity contribution < 1.29 is 4.74 Å². The highest BCUT2D eigenvalue weighted by atomic mass is 16.5. The van der Waals surface area contributed by atoms with Crippen molar-refractivity contribution in [2.75, 3.05) is 19.6 Å². The molecule has 21 heavy (non-hydrogen) atoms. The molecule has 0 aromatic carbocycles. The van der Waals surface area contributed by atoms with E-state index in [1.54, 1.807) is 0 Å². The number of rotatable bonds is 5. The fraction of sp³-hybridized carbons (Fsp3) is 0.941. The predicted molar refractivity (Wildman–Crippen MR) is 82.9 cm³/mol. The van der Waals surface area contributed by atoms with E-state index in [2.05, 4.69) is 30.1 Å². The van der Waals surface area contributed by atoms with Crippen LogP contribution < -0.4 is 5.32 Å². The molecule has 0 aromatic heterocycles. The van der Waals surface area contributed by atoms with Gasteiger partial charge in [0, 0.05) is 19.1 Å². The normalized spacial score (nSPS) is 41.1. The Hall–Kier alpha value is -0.630. The van der Waals surface area contributed by atoms with E-state index < -0.39 is 0 Å². The molecule has 0 aromatic rings. The Bertz CT molecular complexity index is 393. The Morgan fingerprint density at radius 2 is 1.95 bits per heavy atom. The molecule has 1 saturated heterocycles. The second-order valence-electron chi connectivity index (χ2n) is 7.40. The van der Waals surface area contributed by atoms with Crippen LogP contribution in [-0.2, 0) is 4.74 Å². The molecule has 4 unspecified atom stereocenters. The van der Waals surface area contributed by atoms with Gasteiger partial charge in [0.15, 0.2) is 0 Å². The molecule has 1 N–H and O–H groups in total. The minimum absolute atomic E-state index is 0.231. The van der Waals surface area contributed by atoms with E-state index in [1.165, 1.54) is 25.7 Å². The molecular formula is C17H29N3O. The Kier molecular flexibility index (Phi) is 4.54. The maximum Gasteiger partial charge on any atom is 0.109 e. The zero-order valence-electron chi connectivity index (χ0n) is 13.5. The summed E-state index contributed by atoms with van der Waals surface area (Å²) in [5.41, 5.74) is -0.231. The van der Waals surface area contributed by atoms with E-state index in [9.17, 15) is 5.26 Å². The third-order valence-electron chi connectivity index (χ3n) is 5.35. The molecule has 4 atom stereocenters. The highest BCUT2D eigenvalue weighted by molar-refractivity contribution is 5.16. The summed E-state index contributed by atoms with van der Waals surface area (Å²) in [6.07, 6.45) is 7.79. The largest absolute Gasteiger partial charge is 0.373 e. The number of ether oxygens (including phenoxy) is 1. The first-order chi connectivity index (χ1) is 10.1. The molecule has 0 bridgehead atoms. The molecule has 4 heteroatoms. The summed E-state index contributed by atoms with van der Waals surface area (Å²) in [5, 5.41) is 13.4. The van der Waals surface area contributed by atoms with Gasteiger partial charge in [0.1, 0.15) is 5.54 Å². The second-order valence-corrected chi connectivity index (χ2v) is 7.40. The number of morpholine rings is 1. The molecule has 3 aliphatic rings. The Balaban J connectivity index is 1.54. The zero-order valence-corrected chi connectivity index (χ0v) is 13.5. The highest BCUT2D eigenvalue weighted by Gasteiger charge is 2.45. The third kappa shape index (κ3) is 3.59. The topological polar surface area (TPSA) is 48.3 Å². The summed E-state index contributed by atoms with van der Waals surface area (Å²) in [6.45, 7) is 7.50. The Labute approximate surface area is 128 Å². The molecule has 1 heterocycles. The lowest BCUT2D eigenvalue weighted by Crippen LogP contribution is -2.50. The van der Waals surface area contributed by atoms with E-state index in [4.69, 9.17) is 4.74 Å². The maximum absolute atomic E-state index is 9.74. The standard InChI is InChI=1S/C17H29N3O/c1-13-10-20(11-14(2)21-13)9-7-15-4-3-8-17(15,12-18)19-16-5-6-16/h13-16,19H,3-11H2,1-2H3. The smallest absolute Gasteiger partial charge is 0.109 e. The van der Waals surface area contributed by atoms with Gasteiger partial charge in [0.2, 0.25) is 0 Å². The summed E-state index contributed by atoms with van der Waals surface area (Å²) in [4.78, 5) is 2.52. The van der Waals surface area contributed by atoms with Gasteiger partial charge in [-0.2, -0.15) is 5.26 Å². The number of nitrogens with zero attached hydrogens (tertiary/aromatic N) is 2. The lowest BCUT2D eigenvalue weighted by molar-refractivity contribution is -0.0692. The lowest BCUT2D eigenvalue weighted by Gasteiger charge is -2.37. The van der Waals surface area contributed by atoms with Gasteiger partial charge in [0.25, 0.3) is 0 Å². The average Bonchev–Trinajstić information content (AvgIpc) is 3.15. The minimum Gasteiger partial charge on any atom is -0.373 e. The summed E-state index contributed by atoms with van der Waals surface area (Å²) in [5.74, 6) is 0.525. The highest BCUT2D eigenvalue weighted by Crippen LogP contribution is 2.40. The number of hydrogen-bond donors (Lipinski definition) is 1. The molecule has 3 fully saturated rings. The van der Waals surface area contributed by atoms with Gasteiger partial charge >= 0.3 is 0 Å². The summed E-state index contributed by atoms with van der Waals surface area (Å²) in [7, 11) is 0. The van der Waals surface area contributed by atoms with E-state index in [0.29, 0.717) is 24.2 Å². The first-order valence-corrected chi connectivity index (χ1v) is 8.68. The van der Waals surface area contributed by atoms with Gasteiger partial charge in [-0.05, 0) is 58.4 Å². The van der Waals surface area contributed by atoms with Crippen molar-refractivity contribution in [1.82, 2.24) is 10.2 Å². The quantitative estimate of drug-likeness (QED) is 0.844. The van der Waals surface area contributed by atoms with Gasteiger partial charge < -0.3 is 4.74 Å². The average molecular weight is 291 g/mol. The van der Waals surface area contributed by atoms with Crippen LogP contribution in [0.1, 0.15) is 52.4 Å². The van der Waals surface area contributed by atoms with E-state index in [-0.39, 0.29) is 5.54 Å². The molecule has 2 aliphatic carbocycles. The summed E-state index contributed by atoms with van der Waals surface area (Å²) in [6, 6.07) is 3.27. The van der Waals surface area contributed by atoms with Gasteiger partial charge in [-0.25, -0.2) is 0 Å². The van der Waals surface area contributed by atoms with Crippen LogP contribution in [0.25, 0.3) is 0 Å².